The highest BCUT2D eigenvalue weighted by Crippen LogP contribution is 2.15. The first-order chi connectivity index (χ1) is 12.8. The molecule has 3 nitrogen and oxygen atoms in total. The Morgan fingerprint density at radius 3 is 2.19 bits per heavy atom. The zero-order valence-electron chi connectivity index (χ0n) is 14.8. The summed E-state index contributed by atoms with van der Waals surface area (Å²) < 4.78 is 5.69. The van der Waals surface area contributed by atoms with Crippen LogP contribution < -0.4 is 0 Å². The van der Waals surface area contributed by atoms with Crippen LogP contribution in [0, 0.1) is 0 Å². The number of aliphatic hydroxyl groups excluding tert-OH is 1. The summed E-state index contributed by atoms with van der Waals surface area (Å²) in [4.78, 5) is 3.58. The van der Waals surface area contributed by atoms with Crippen LogP contribution in [0.2, 0.25) is 0 Å². The second-order valence-electron chi connectivity index (χ2n) is 6.39. The van der Waals surface area contributed by atoms with Gasteiger partial charge in [-0.05, 0) is 22.6 Å². The molecule has 2 aromatic carbocycles. The molecule has 26 heavy (non-hydrogen) atoms. The molecule has 0 amide bonds. The van der Waals surface area contributed by atoms with E-state index in [2.05, 4.69) is 46.7 Å². The molecule has 136 valence electrons. The van der Waals surface area contributed by atoms with E-state index in [1.807, 2.05) is 36.4 Å². The Morgan fingerprint density at radius 1 is 0.846 bits per heavy atom. The van der Waals surface area contributed by atoms with Crippen LogP contribution in [-0.4, -0.2) is 29.3 Å². The zero-order valence-corrected chi connectivity index (χ0v) is 15.6. The molecule has 0 fully saturated rings. The summed E-state index contributed by atoms with van der Waals surface area (Å²) in [6.07, 6.45) is -0.512. The van der Waals surface area contributed by atoms with Gasteiger partial charge in [0, 0.05) is 24.5 Å². The second-order valence-corrected chi connectivity index (χ2v) is 7.42. The molecule has 4 heteroatoms. The van der Waals surface area contributed by atoms with E-state index in [9.17, 15) is 5.11 Å². The maximum Gasteiger partial charge on any atom is 0.0900 e. The Labute approximate surface area is 159 Å². The highest BCUT2D eigenvalue weighted by Gasteiger charge is 2.14. The molecular weight excluding hydrogens is 342 g/mol. The van der Waals surface area contributed by atoms with Crippen LogP contribution in [0.1, 0.15) is 16.0 Å². The molecule has 3 aromatic rings. The Hall–Kier alpha value is -1.98. The largest absolute Gasteiger partial charge is 0.389 e. The van der Waals surface area contributed by atoms with Crippen molar-refractivity contribution in [1.82, 2.24) is 4.90 Å². The van der Waals surface area contributed by atoms with Crippen molar-refractivity contribution in [3.05, 3.63) is 94.2 Å². The van der Waals surface area contributed by atoms with Gasteiger partial charge >= 0.3 is 0 Å². The van der Waals surface area contributed by atoms with Gasteiger partial charge in [-0.25, -0.2) is 0 Å². The minimum absolute atomic E-state index is 0.338. The zero-order chi connectivity index (χ0) is 18.0. The lowest BCUT2D eigenvalue weighted by atomic mass is 10.2. The third-order valence-electron chi connectivity index (χ3n) is 4.10. The van der Waals surface area contributed by atoms with Crippen molar-refractivity contribution in [2.24, 2.45) is 0 Å². The molecule has 0 bridgehead atoms. The van der Waals surface area contributed by atoms with E-state index in [1.54, 1.807) is 11.3 Å². The first-order valence-corrected chi connectivity index (χ1v) is 9.76. The molecule has 0 saturated carbocycles. The summed E-state index contributed by atoms with van der Waals surface area (Å²) in [5.74, 6) is 0. The molecule has 0 radical (unpaired) electrons. The minimum atomic E-state index is -0.512. The van der Waals surface area contributed by atoms with Gasteiger partial charge in [0.1, 0.15) is 0 Å². The molecule has 0 unspecified atom stereocenters. The summed E-state index contributed by atoms with van der Waals surface area (Å²) in [6.45, 7) is 3.10. The first kappa shape index (κ1) is 18.8. The van der Waals surface area contributed by atoms with Crippen molar-refractivity contribution in [2.45, 2.75) is 25.8 Å². The molecule has 1 aromatic heterocycles. The average Bonchev–Trinajstić information content (AvgIpc) is 3.16. The fraction of sp³-hybridized carbons (Fsp3) is 0.273. The third kappa shape index (κ3) is 6.39. The molecule has 1 atom stereocenters. The van der Waals surface area contributed by atoms with Gasteiger partial charge in [0.15, 0.2) is 0 Å². The van der Waals surface area contributed by atoms with E-state index in [4.69, 9.17) is 4.74 Å². The molecule has 0 aliphatic rings. The summed E-state index contributed by atoms with van der Waals surface area (Å²) in [5.41, 5.74) is 2.38. The highest BCUT2D eigenvalue weighted by atomic mass is 32.1. The van der Waals surface area contributed by atoms with Crippen LogP contribution in [0.4, 0.5) is 0 Å². The smallest absolute Gasteiger partial charge is 0.0900 e. The summed E-state index contributed by atoms with van der Waals surface area (Å²) in [6, 6.07) is 24.6. The SMILES string of the molecule is O[C@@H](COCc1ccccc1)CN(Cc1ccccc1)Cc1cccs1. The van der Waals surface area contributed by atoms with Crippen molar-refractivity contribution >= 4 is 11.3 Å². The molecular formula is C22H25NO2S. The Kier molecular flexibility index (Phi) is 7.40. The van der Waals surface area contributed by atoms with E-state index >= 15 is 0 Å². The Balaban J connectivity index is 1.52. The first-order valence-electron chi connectivity index (χ1n) is 8.88. The van der Waals surface area contributed by atoms with Crippen LogP contribution in [0.25, 0.3) is 0 Å². The molecule has 0 aliphatic heterocycles. The molecule has 3 rings (SSSR count). The van der Waals surface area contributed by atoms with E-state index in [0.717, 1.165) is 18.7 Å². The molecule has 1 heterocycles. The van der Waals surface area contributed by atoms with Crippen LogP contribution in [0.15, 0.2) is 78.2 Å². The summed E-state index contributed by atoms with van der Waals surface area (Å²) in [5, 5.41) is 12.5. The van der Waals surface area contributed by atoms with Crippen LogP contribution in [0.3, 0.4) is 0 Å². The predicted molar refractivity (Wildman–Crippen MR) is 107 cm³/mol. The maximum absolute atomic E-state index is 10.4. The lowest BCUT2D eigenvalue weighted by Crippen LogP contribution is -2.34. The van der Waals surface area contributed by atoms with E-state index in [-0.39, 0.29) is 0 Å². The topological polar surface area (TPSA) is 32.7 Å². The maximum atomic E-state index is 10.4. The van der Waals surface area contributed by atoms with Gasteiger partial charge in [-0.3, -0.25) is 4.90 Å². The van der Waals surface area contributed by atoms with E-state index in [1.165, 1.54) is 10.4 Å². The number of hydrogen-bond acceptors (Lipinski definition) is 4. The van der Waals surface area contributed by atoms with Crippen molar-refractivity contribution in [3.8, 4) is 0 Å². The van der Waals surface area contributed by atoms with Gasteiger partial charge in [0.25, 0.3) is 0 Å². The average molecular weight is 368 g/mol. The Bertz CT molecular complexity index is 731. The predicted octanol–water partition coefficient (Wildman–Crippen LogP) is 4.33. The number of benzene rings is 2. The van der Waals surface area contributed by atoms with Gasteiger partial charge in [-0.2, -0.15) is 0 Å². The number of nitrogens with zero attached hydrogens (tertiary/aromatic N) is 1. The van der Waals surface area contributed by atoms with Gasteiger partial charge in [-0.1, -0.05) is 66.7 Å². The normalized spacial score (nSPS) is 12.4. The van der Waals surface area contributed by atoms with Crippen molar-refractivity contribution in [3.63, 3.8) is 0 Å². The minimum Gasteiger partial charge on any atom is -0.389 e. The van der Waals surface area contributed by atoms with E-state index in [0.29, 0.717) is 19.8 Å². The van der Waals surface area contributed by atoms with Crippen molar-refractivity contribution in [2.75, 3.05) is 13.2 Å². The highest BCUT2D eigenvalue weighted by molar-refractivity contribution is 7.09. The van der Waals surface area contributed by atoms with Crippen LogP contribution >= 0.6 is 11.3 Å². The van der Waals surface area contributed by atoms with Gasteiger partial charge in [0.05, 0.1) is 19.3 Å². The van der Waals surface area contributed by atoms with Crippen molar-refractivity contribution < 1.29 is 9.84 Å². The lowest BCUT2D eigenvalue weighted by molar-refractivity contribution is 0.00729. The molecule has 1 N–H and O–H groups in total. The number of thiophene rings is 1. The third-order valence-corrected chi connectivity index (χ3v) is 4.96. The van der Waals surface area contributed by atoms with Crippen LogP contribution in [0.5, 0.6) is 0 Å². The molecule has 0 saturated heterocycles. The number of ether oxygens (including phenoxy) is 1. The fourth-order valence-electron chi connectivity index (χ4n) is 2.89. The number of aliphatic hydroxyl groups is 1. The van der Waals surface area contributed by atoms with Gasteiger partial charge < -0.3 is 9.84 Å². The number of hydrogen-bond donors (Lipinski definition) is 1. The van der Waals surface area contributed by atoms with Crippen LogP contribution in [-0.2, 0) is 24.4 Å². The van der Waals surface area contributed by atoms with Crippen molar-refractivity contribution in [1.29, 1.82) is 0 Å². The monoisotopic (exact) mass is 367 g/mol. The fourth-order valence-corrected chi connectivity index (χ4v) is 3.63. The van der Waals surface area contributed by atoms with E-state index < -0.39 is 6.10 Å². The quantitative estimate of drug-likeness (QED) is 0.579. The number of rotatable bonds is 10. The van der Waals surface area contributed by atoms with Gasteiger partial charge in [-0.15, -0.1) is 11.3 Å². The summed E-state index contributed by atoms with van der Waals surface area (Å²) in [7, 11) is 0. The molecule has 0 spiro atoms. The van der Waals surface area contributed by atoms with Gasteiger partial charge in [0.2, 0.25) is 0 Å². The standard InChI is InChI=1S/C22H25NO2S/c24-21(18-25-17-20-10-5-2-6-11-20)15-23(16-22-12-7-13-26-22)14-19-8-3-1-4-9-19/h1-13,21,24H,14-18H2/t21-/m1/s1. The summed E-state index contributed by atoms with van der Waals surface area (Å²) >= 11 is 1.75. The Morgan fingerprint density at radius 2 is 1.54 bits per heavy atom. The lowest BCUT2D eigenvalue weighted by Gasteiger charge is -2.24. The second kappa shape index (κ2) is 10.2. The molecule has 0 aliphatic carbocycles.